The Morgan fingerprint density at radius 3 is 2.39 bits per heavy atom. The Kier molecular flexibility index (Phi) is 7.85. The molecule has 9 nitrogen and oxygen atoms in total. The largest absolute Gasteiger partial charge is 0.475 e. The van der Waals surface area contributed by atoms with E-state index in [1.807, 2.05) is 26.0 Å². The van der Waals surface area contributed by atoms with Gasteiger partial charge in [-0.05, 0) is 69.9 Å². The summed E-state index contributed by atoms with van der Waals surface area (Å²) in [6.45, 7) is 13.3. The lowest BCUT2D eigenvalue weighted by Gasteiger charge is -2.39. The third kappa shape index (κ3) is 5.34. The van der Waals surface area contributed by atoms with E-state index in [1.165, 1.54) is 16.7 Å². The van der Waals surface area contributed by atoms with Crippen molar-refractivity contribution < 1.29 is 22.9 Å². The van der Waals surface area contributed by atoms with Crippen LogP contribution in [0.5, 0.6) is 0 Å². The zero-order valence-electron chi connectivity index (χ0n) is 21.8. The second-order valence-corrected chi connectivity index (χ2v) is 10.7. The van der Waals surface area contributed by atoms with Crippen LogP contribution in [0.15, 0.2) is 24.3 Å². The van der Waals surface area contributed by atoms with Gasteiger partial charge in [-0.1, -0.05) is 18.2 Å². The van der Waals surface area contributed by atoms with Crippen LogP contribution < -0.4 is 5.32 Å². The van der Waals surface area contributed by atoms with Crippen LogP contribution in [-0.4, -0.2) is 53.2 Å². The molecule has 2 N–H and O–H groups in total. The molecule has 36 heavy (non-hydrogen) atoms. The molecule has 4 rings (SSSR count). The number of aromatic amines is 1. The molecule has 1 saturated heterocycles. The number of phosphoric acid groups is 1. The highest BCUT2D eigenvalue weighted by molar-refractivity contribution is 7.48. The Hall–Kier alpha value is -2.71. The van der Waals surface area contributed by atoms with Gasteiger partial charge in [-0.25, -0.2) is 9.55 Å². The molecule has 0 saturated carbocycles. The molecule has 1 aliphatic heterocycles. The molecule has 0 radical (unpaired) electrons. The van der Waals surface area contributed by atoms with E-state index in [0.717, 1.165) is 22.2 Å². The SMILES string of the molecule is CCOP(=O)(OCC)OC1CN(C(=O)c2cc3c(C)c(C)[nH]c3c(NCc3c(C)cccc3C)n2)C1. The molecule has 0 aliphatic carbocycles. The van der Waals surface area contributed by atoms with Crippen LogP contribution in [-0.2, 0) is 24.7 Å². The number of pyridine rings is 1. The zero-order valence-corrected chi connectivity index (χ0v) is 22.7. The fourth-order valence-corrected chi connectivity index (χ4v) is 5.74. The van der Waals surface area contributed by atoms with E-state index in [-0.39, 0.29) is 19.1 Å². The fourth-order valence-electron chi connectivity index (χ4n) is 4.42. The molecule has 2 aromatic heterocycles. The number of hydrogen-bond acceptors (Lipinski definition) is 7. The molecule has 10 heteroatoms. The third-order valence-electron chi connectivity index (χ3n) is 6.58. The van der Waals surface area contributed by atoms with Gasteiger partial charge in [-0.15, -0.1) is 0 Å². The maximum Gasteiger partial charge on any atom is 0.475 e. The normalized spacial score (nSPS) is 14.3. The number of anilines is 1. The van der Waals surface area contributed by atoms with Crippen LogP contribution in [0.25, 0.3) is 10.9 Å². The number of nitrogens with zero attached hydrogens (tertiary/aromatic N) is 2. The van der Waals surface area contributed by atoms with Crippen LogP contribution in [0.1, 0.15) is 52.3 Å². The Morgan fingerprint density at radius 1 is 1.14 bits per heavy atom. The molecule has 1 aliphatic rings. The molecular formula is C26H35N4O5P. The number of benzene rings is 1. The number of amides is 1. The number of carbonyl (C=O) groups is 1. The van der Waals surface area contributed by atoms with Crippen molar-refractivity contribution in [2.24, 2.45) is 0 Å². The third-order valence-corrected chi connectivity index (χ3v) is 8.29. The maximum absolute atomic E-state index is 13.3. The number of hydrogen-bond donors (Lipinski definition) is 2. The van der Waals surface area contributed by atoms with Gasteiger partial charge in [-0.3, -0.25) is 18.4 Å². The van der Waals surface area contributed by atoms with E-state index >= 15 is 0 Å². The summed E-state index contributed by atoms with van der Waals surface area (Å²) in [5, 5.41) is 4.42. The van der Waals surface area contributed by atoms with Crippen LogP contribution in [0.4, 0.5) is 5.82 Å². The molecule has 0 spiro atoms. The van der Waals surface area contributed by atoms with Gasteiger partial charge in [0.05, 0.1) is 18.7 Å². The summed E-state index contributed by atoms with van der Waals surface area (Å²) < 4.78 is 28.6. The summed E-state index contributed by atoms with van der Waals surface area (Å²) in [5.41, 5.74) is 6.96. The minimum absolute atomic E-state index is 0.201. The minimum Gasteiger partial charge on any atom is -0.364 e. The van der Waals surface area contributed by atoms with E-state index in [2.05, 4.69) is 36.3 Å². The summed E-state index contributed by atoms with van der Waals surface area (Å²) >= 11 is 0. The van der Waals surface area contributed by atoms with E-state index in [1.54, 1.807) is 18.7 Å². The molecule has 0 bridgehead atoms. The van der Waals surface area contributed by atoms with E-state index < -0.39 is 13.9 Å². The van der Waals surface area contributed by atoms with Gasteiger partial charge in [0.25, 0.3) is 5.91 Å². The van der Waals surface area contributed by atoms with Gasteiger partial charge in [0.15, 0.2) is 5.82 Å². The Balaban J connectivity index is 1.54. The van der Waals surface area contributed by atoms with Crippen LogP contribution in [0.3, 0.4) is 0 Å². The second-order valence-electron chi connectivity index (χ2n) is 9.10. The van der Waals surface area contributed by atoms with Gasteiger partial charge in [0.1, 0.15) is 11.8 Å². The van der Waals surface area contributed by atoms with Crippen molar-refractivity contribution in [1.82, 2.24) is 14.9 Å². The van der Waals surface area contributed by atoms with Crippen molar-refractivity contribution in [2.75, 3.05) is 31.6 Å². The van der Waals surface area contributed by atoms with E-state index in [9.17, 15) is 9.36 Å². The Morgan fingerprint density at radius 2 is 1.78 bits per heavy atom. The first-order chi connectivity index (χ1) is 17.2. The topological polar surface area (TPSA) is 106 Å². The summed E-state index contributed by atoms with van der Waals surface area (Å²) in [6, 6.07) is 8.07. The second kappa shape index (κ2) is 10.7. The van der Waals surface area contributed by atoms with Crippen LogP contribution >= 0.6 is 7.82 Å². The summed E-state index contributed by atoms with van der Waals surface area (Å²) in [6.07, 6.45) is -0.417. The highest BCUT2D eigenvalue weighted by Gasteiger charge is 2.39. The molecule has 1 aromatic carbocycles. The minimum atomic E-state index is -3.63. The lowest BCUT2D eigenvalue weighted by molar-refractivity contribution is -0.00578. The fraction of sp³-hybridized carbons (Fsp3) is 0.462. The quantitative estimate of drug-likeness (QED) is 0.348. The van der Waals surface area contributed by atoms with Crippen LogP contribution in [0.2, 0.25) is 0 Å². The maximum atomic E-state index is 13.3. The van der Waals surface area contributed by atoms with Gasteiger partial charge in [0.2, 0.25) is 0 Å². The number of phosphoric ester groups is 1. The summed E-state index contributed by atoms with van der Waals surface area (Å²) in [4.78, 5) is 23.1. The lowest BCUT2D eigenvalue weighted by Crippen LogP contribution is -2.54. The van der Waals surface area contributed by atoms with E-state index in [4.69, 9.17) is 18.6 Å². The number of aryl methyl sites for hydroxylation is 4. The molecule has 0 unspecified atom stereocenters. The molecule has 3 heterocycles. The predicted molar refractivity (Wildman–Crippen MR) is 140 cm³/mol. The molecule has 1 amide bonds. The van der Waals surface area contributed by atoms with Crippen molar-refractivity contribution >= 4 is 30.5 Å². The van der Waals surface area contributed by atoms with Crippen molar-refractivity contribution in [2.45, 2.75) is 54.2 Å². The molecular weight excluding hydrogens is 479 g/mol. The van der Waals surface area contributed by atoms with Gasteiger partial charge < -0.3 is 15.2 Å². The molecule has 1 fully saturated rings. The van der Waals surface area contributed by atoms with Gasteiger partial charge >= 0.3 is 7.82 Å². The Labute approximate surface area is 212 Å². The number of likely N-dealkylation sites (tertiary alicyclic amines) is 1. The average molecular weight is 515 g/mol. The first-order valence-electron chi connectivity index (χ1n) is 12.3. The monoisotopic (exact) mass is 514 g/mol. The molecule has 0 atom stereocenters. The van der Waals surface area contributed by atoms with Gasteiger partial charge in [-0.2, -0.15) is 0 Å². The smallest absolute Gasteiger partial charge is 0.364 e. The highest BCUT2D eigenvalue weighted by atomic mass is 31.2. The number of nitrogens with one attached hydrogen (secondary N) is 2. The number of rotatable bonds is 10. The van der Waals surface area contributed by atoms with Crippen molar-refractivity contribution in [3.63, 3.8) is 0 Å². The first-order valence-corrected chi connectivity index (χ1v) is 13.8. The van der Waals surface area contributed by atoms with Crippen LogP contribution in [0, 0.1) is 27.7 Å². The average Bonchev–Trinajstić information content (AvgIpc) is 3.09. The highest BCUT2D eigenvalue weighted by Crippen LogP contribution is 2.51. The number of aromatic nitrogens is 2. The number of carbonyl (C=O) groups excluding carboxylic acids is 1. The summed E-state index contributed by atoms with van der Waals surface area (Å²) in [5.74, 6) is 0.438. The number of fused-ring (bicyclic) bond motifs is 1. The molecule has 3 aromatic rings. The van der Waals surface area contributed by atoms with Crippen molar-refractivity contribution in [3.8, 4) is 0 Å². The molecule has 194 valence electrons. The van der Waals surface area contributed by atoms with Crippen molar-refractivity contribution in [3.05, 3.63) is 57.9 Å². The Bertz CT molecular complexity index is 1290. The van der Waals surface area contributed by atoms with Crippen molar-refractivity contribution in [1.29, 1.82) is 0 Å². The summed E-state index contributed by atoms with van der Waals surface area (Å²) in [7, 11) is -3.63. The van der Waals surface area contributed by atoms with E-state index in [0.29, 0.717) is 31.1 Å². The predicted octanol–water partition coefficient (Wildman–Crippen LogP) is 5.43. The van der Waals surface area contributed by atoms with Gasteiger partial charge in [0, 0.05) is 30.7 Å². The lowest BCUT2D eigenvalue weighted by atomic mass is 10.0. The zero-order chi connectivity index (χ0) is 26.0. The first kappa shape index (κ1) is 26.4. The number of H-pyrrole nitrogens is 1. The standard InChI is InChI=1S/C26H35N4O5P/c1-7-33-36(32,34-8-2)35-20-14-30(15-20)26(31)23-12-21-18(5)19(6)28-24(21)25(29-23)27-13-22-16(3)10-9-11-17(22)4/h9-12,20,28H,7-8,13-15H2,1-6H3,(H,27,29).